The smallest absolute Gasteiger partial charge is 0.306 e. The lowest BCUT2D eigenvalue weighted by atomic mass is 10.0. The first-order chi connectivity index (χ1) is 39.0. The minimum absolute atomic E-state index is 0.0882. The summed E-state index contributed by atoms with van der Waals surface area (Å²) in [5.74, 6) is -0.918. The lowest BCUT2D eigenvalue weighted by Crippen LogP contribution is -2.30. The van der Waals surface area contributed by atoms with Gasteiger partial charge in [-0.05, 0) is 77.0 Å². The van der Waals surface area contributed by atoms with E-state index >= 15 is 0 Å². The maximum Gasteiger partial charge on any atom is 0.306 e. The van der Waals surface area contributed by atoms with E-state index < -0.39 is 6.10 Å². The van der Waals surface area contributed by atoms with Crippen molar-refractivity contribution in [1.29, 1.82) is 0 Å². The molecule has 0 aromatic heterocycles. The zero-order valence-electron chi connectivity index (χ0n) is 52.9. The van der Waals surface area contributed by atoms with Crippen molar-refractivity contribution in [3.63, 3.8) is 0 Å². The van der Waals surface area contributed by atoms with Crippen LogP contribution in [0.4, 0.5) is 0 Å². The summed E-state index contributed by atoms with van der Waals surface area (Å²) in [6.07, 6.45) is 87.2. The monoisotopic (exact) mass is 1110 g/mol. The molecule has 0 aliphatic carbocycles. The molecule has 6 heteroatoms. The van der Waals surface area contributed by atoms with Gasteiger partial charge in [0.1, 0.15) is 13.2 Å². The van der Waals surface area contributed by atoms with Gasteiger partial charge in [0.2, 0.25) is 0 Å². The number of ether oxygens (including phenoxy) is 3. The number of carbonyl (C=O) groups is 3. The molecule has 0 amide bonds. The Labute approximate surface area is 491 Å². The van der Waals surface area contributed by atoms with Crippen LogP contribution in [-0.4, -0.2) is 37.2 Å². The minimum atomic E-state index is -0.794. The second-order valence-electron chi connectivity index (χ2n) is 23.4. The molecule has 0 aromatic rings. The largest absolute Gasteiger partial charge is 0.462 e. The van der Waals surface area contributed by atoms with Crippen LogP contribution in [0, 0.1) is 0 Å². The highest BCUT2D eigenvalue weighted by Crippen LogP contribution is 2.19. The van der Waals surface area contributed by atoms with Crippen LogP contribution in [0.5, 0.6) is 0 Å². The summed E-state index contributed by atoms with van der Waals surface area (Å²) in [4.78, 5) is 38.2. The molecule has 0 N–H and O–H groups in total. The van der Waals surface area contributed by atoms with Crippen molar-refractivity contribution < 1.29 is 28.6 Å². The molecule has 0 saturated heterocycles. The van der Waals surface area contributed by atoms with E-state index in [4.69, 9.17) is 14.2 Å². The Kier molecular flexibility index (Phi) is 65.1. The standard InChI is InChI=1S/C73H132O6/c1-4-7-10-13-16-19-22-25-26-27-28-29-30-31-32-33-34-35-36-37-38-39-40-41-42-43-44-45-46-49-51-54-57-60-63-66-72(75)78-69-70(79-73(76)67-64-61-58-55-52-48-24-21-18-15-12-9-6-3)68-77-71(74)65-62-59-56-53-50-47-23-20-17-14-11-8-5-2/h9,11-12,14,18,20-21,23,48,52,70H,4-8,10,13,15-17,19,22,24-47,49-51,53-69H2,1-3H3/b12-9-,14-11-,21-18-,23-20-,52-48-. The second-order valence-corrected chi connectivity index (χ2v) is 23.4. The molecule has 0 spiro atoms. The zero-order chi connectivity index (χ0) is 57.1. The van der Waals surface area contributed by atoms with Crippen molar-refractivity contribution in [1.82, 2.24) is 0 Å². The second kappa shape index (κ2) is 67.6. The lowest BCUT2D eigenvalue weighted by molar-refractivity contribution is -0.167. The molecule has 0 bridgehead atoms. The van der Waals surface area contributed by atoms with Gasteiger partial charge in [-0.25, -0.2) is 0 Å². The molecule has 79 heavy (non-hydrogen) atoms. The van der Waals surface area contributed by atoms with E-state index in [0.717, 1.165) is 116 Å². The van der Waals surface area contributed by atoms with Crippen LogP contribution in [0.15, 0.2) is 60.8 Å². The lowest BCUT2D eigenvalue weighted by Gasteiger charge is -2.18. The number of hydrogen-bond acceptors (Lipinski definition) is 6. The van der Waals surface area contributed by atoms with Gasteiger partial charge in [0, 0.05) is 19.3 Å². The van der Waals surface area contributed by atoms with Crippen molar-refractivity contribution in [2.75, 3.05) is 13.2 Å². The molecule has 1 atom stereocenters. The van der Waals surface area contributed by atoms with Crippen molar-refractivity contribution in [3.05, 3.63) is 60.8 Å². The summed E-state index contributed by atoms with van der Waals surface area (Å²) in [5.41, 5.74) is 0. The number of esters is 3. The fourth-order valence-corrected chi connectivity index (χ4v) is 10.3. The Hall–Kier alpha value is -2.89. The summed E-state index contributed by atoms with van der Waals surface area (Å²) < 4.78 is 16.9. The Morgan fingerprint density at radius 2 is 0.519 bits per heavy atom. The van der Waals surface area contributed by atoms with E-state index in [0.29, 0.717) is 19.3 Å². The number of carbonyl (C=O) groups excluding carboxylic acids is 3. The first-order valence-electron chi connectivity index (χ1n) is 34.8. The van der Waals surface area contributed by atoms with E-state index in [2.05, 4.69) is 81.5 Å². The first kappa shape index (κ1) is 76.1. The summed E-state index contributed by atoms with van der Waals surface area (Å²) in [7, 11) is 0. The predicted molar refractivity (Wildman–Crippen MR) is 344 cm³/mol. The number of hydrogen-bond donors (Lipinski definition) is 0. The fourth-order valence-electron chi connectivity index (χ4n) is 10.3. The average molecular weight is 1110 g/mol. The van der Waals surface area contributed by atoms with Crippen LogP contribution in [0.3, 0.4) is 0 Å². The van der Waals surface area contributed by atoms with E-state index in [1.165, 1.54) is 212 Å². The van der Waals surface area contributed by atoms with E-state index in [1.54, 1.807) is 0 Å². The van der Waals surface area contributed by atoms with Crippen LogP contribution < -0.4 is 0 Å². The van der Waals surface area contributed by atoms with Crippen LogP contribution in [0.25, 0.3) is 0 Å². The third-order valence-corrected chi connectivity index (χ3v) is 15.5. The Bertz CT molecular complexity index is 1410. The first-order valence-corrected chi connectivity index (χ1v) is 34.8. The van der Waals surface area contributed by atoms with Gasteiger partial charge in [-0.1, -0.05) is 332 Å². The third-order valence-electron chi connectivity index (χ3n) is 15.5. The highest BCUT2D eigenvalue weighted by molar-refractivity contribution is 5.71. The number of unbranched alkanes of at least 4 members (excludes halogenated alkanes) is 43. The molecule has 0 saturated carbocycles. The minimum Gasteiger partial charge on any atom is -0.462 e. The molecule has 0 fully saturated rings. The SMILES string of the molecule is CC/C=C\C/C=C\C/C=C\CCCCCC(=O)OC(COC(=O)CCCCCCC/C=C\C/C=C\CCC)COC(=O)CCCCCCCCCCCCCCCCCCCCCCCCCCCCCCCCCCCCC. The molecule has 0 radical (unpaired) electrons. The molecule has 0 rings (SSSR count). The van der Waals surface area contributed by atoms with Gasteiger partial charge >= 0.3 is 17.9 Å². The van der Waals surface area contributed by atoms with E-state index in [1.807, 2.05) is 0 Å². The van der Waals surface area contributed by atoms with Crippen LogP contribution >= 0.6 is 0 Å². The van der Waals surface area contributed by atoms with Crippen molar-refractivity contribution in [2.24, 2.45) is 0 Å². The third kappa shape index (κ3) is 65.8. The van der Waals surface area contributed by atoms with Crippen LogP contribution in [0.1, 0.15) is 367 Å². The van der Waals surface area contributed by atoms with Gasteiger partial charge in [-0.2, -0.15) is 0 Å². The predicted octanol–water partition coefficient (Wildman–Crippen LogP) is 23.9. The quantitative estimate of drug-likeness (QED) is 0.0261. The fraction of sp³-hybridized carbons (Fsp3) is 0.822. The van der Waals surface area contributed by atoms with Gasteiger partial charge in [-0.3, -0.25) is 14.4 Å². The van der Waals surface area contributed by atoms with Gasteiger partial charge in [0.15, 0.2) is 6.10 Å². The van der Waals surface area contributed by atoms with Crippen molar-refractivity contribution in [3.8, 4) is 0 Å². The molecule has 6 nitrogen and oxygen atoms in total. The molecule has 0 aliphatic heterocycles. The maximum absolute atomic E-state index is 12.8. The molecule has 0 aliphatic rings. The van der Waals surface area contributed by atoms with E-state index in [-0.39, 0.29) is 31.1 Å². The highest BCUT2D eigenvalue weighted by Gasteiger charge is 2.19. The van der Waals surface area contributed by atoms with Gasteiger partial charge in [0.25, 0.3) is 0 Å². The molecule has 1 unspecified atom stereocenters. The summed E-state index contributed by atoms with van der Waals surface area (Å²) in [5, 5.41) is 0. The highest BCUT2D eigenvalue weighted by atomic mass is 16.6. The number of allylic oxidation sites excluding steroid dienone is 10. The molecule has 0 heterocycles. The van der Waals surface area contributed by atoms with Gasteiger partial charge in [-0.15, -0.1) is 0 Å². The Morgan fingerprint density at radius 3 is 0.835 bits per heavy atom. The molecule has 460 valence electrons. The van der Waals surface area contributed by atoms with Gasteiger partial charge in [0.05, 0.1) is 0 Å². The summed E-state index contributed by atoms with van der Waals surface area (Å²) in [6, 6.07) is 0. The summed E-state index contributed by atoms with van der Waals surface area (Å²) >= 11 is 0. The Balaban J connectivity index is 4.02. The van der Waals surface area contributed by atoms with Crippen molar-refractivity contribution in [2.45, 2.75) is 374 Å². The van der Waals surface area contributed by atoms with Crippen molar-refractivity contribution >= 4 is 17.9 Å². The summed E-state index contributed by atoms with van der Waals surface area (Å²) in [6.45, 7) is 6.47. The molecular weight excluding hydrogens is 973 g/mol. The van der Waals surface area contributed by atoms with Crippen LogP contribution in [0.2, 0.25) is 0 Å². The topological polar surface area (TPSA) is 78.9 Å². The Morgan fingerprint density at radius 1 is 0.266 bits per heavy atom. The average Bonchev–Trinajstić information content (AvgIpc) is 3.45. The van der Waals surface area contributed by atoms with E-state index in [9.17, 15) is 14.4 Å². The maximum atomic E-state index is 12.8. The molecular formula is C73H132O6. The number of rotatable bonds is 64. The zero-order valence-corrected chi connectivity index (χ0v) is 52.9. The molecule has 0 aromatic carbocycles. The van der Waals surface area contributed by atoms with Crippen LogP contribution in [-0.2, 0) is 28.6 Å². The normalized spacial score (nSPS) is 12.4. The van der Waals surface area contributed by atoms with Gasteiger partial charge < -0.3 is 14.2 Å².